The lowest BCUT2D eigenvalue weighted by Gasteiger charge is -2.29. The first kappa shape index (κ1) is 12.9. The Labute approximate surface area is 109 Å². The van der Waals surface area contributed by atoms with Gasteiger partial charge in [-0.2, -0.15) is 0 Å². The summed E-state index contributed by atoms with van der Waals surface area (Å²) >= 11 is 6.01. The fourth-order valence-corrected chi connectivity index (χ4v) is 3.03. The van der Waals surface area contributed by atoms with Gasteiger partial charge >= 0.3 is 0 Å². The van der Waals surface area contributed by atoms with E-state index in [0.29, 0.717) is 12.0 Å². The molecule has 2 rings (SSSR count). The summed E-state index contributed by atoms with van der Waals surface area (Å²) in [7, 11) is 0. The zero-order valence-corrected chi connectivity index (χ0v) is 10.9. The summed E-state index contributed by atoms with van der Waals surface area (Å²) in [4.78, 5) is 0. The number of nitrogens with one attached hydrogen (secondary N) is 1. The van der Waals surface area contributed by atoms with Crippen LogP contribution >= 0.6 is 11.6 Å². The van der Waals surface area contributed by atoms with Crippen molar-refractivity contribution < 1.29 is 0 Å². The van der Waals surface area contributed by atoms with Crippen LogP contribution in [-0.2, 0) is 6.42 Å². The van der Waals surface area contributed by atoms with Crippen LogP contribution in [0.4, 0.5) is 0 Å². The average molecular weight is 253 g/mol. The highest BCUT2D eigenvalue weighted by atomic mass is 35.5. The van der Waals surface area contributed by atoms with E-state index >= 15 is 0 Å². The lowest BCUT2D eigenvalue weighted by Crippen LogP contribution is -2.43. The van der Waals surface area contributed by atoms with E-state index in [1.54, 1.807) is 0 Å². The molecule has 0 bridgehead atoms. The summed E-state index contributed by atoms with van der Waals surface area (Å²) in [6.07, 6.45) is 7.65. The van der Waals surface area contributed by atoms with Gasteiger partial charge in [0.1, 0.15) is 0 Å². The summed E-state index contributed by atoms with van der Waals surface area (Å²) in [5.74, 6) is 6.42. The molecule has 0 aliphatic heterocycles. The van der Waals surface area contributed by atoms with E-state index in [1.807, 2.05) is 18.2 Å². The Kier molecular flexibility index (Phi) is 4.84. The monoisotopic (exact) mass is 252 g/mol. The van der Waals surface area contributed by atoms with Crippen molar-refractivity contribution >= 4 is 11.6 Å². The highest BCUT2D eigenvalue weighted by Crippen LogP contribution is 2.28. The largest absolute Gasteiger partial charge is 0.271 e. The van der Waals surface area contributed by atoms with Crippen molar-refractivity contribution in [1.82, 2.24) is 5.43 Å². The van der Waals surface area contributed by atoms with E-state index in [1.165, 1.54) is 37.7 Å². The Balaban J connectivity index is 1.98. The predicted molar refractivity (Wildman–Crippen MR) is 72.8 cm³/mol. The SMILES string of the molecule is NNC(Cc1cccc(Cl)c1)C1CCCCC1. The molecule has 0 aromatic heterocycles. The molecule has 2 nitrogen and oxygen atoms in total. The molecule has 0 radical (unpaired) electrons. The van der Waals surface area contributed by atoms with Gasteiger partial charge in [-0.3, -0.25) is 11.3 Å². The minimum Gasteiger partial charge on any atom is -0.271 e. The second kappa shape index (κ2) is 6.39. The highest BCUT2D eigenvalue weighted by molar-refractivity contribution is 6.30. The first-order chi connectivity index (χ1) is 8.29. The number of hydrogen-bond acceptors (Lipinski definition) is 2. The van der Waals surface area contributed by atoms with Gasteiger partial charge in [-0.05, 0) is 42.9 Å². The van der Waals surface area contributed by atoms with Gasteiger partial charge in [-0.25, -0.2) is 0 Å². The molecule has 1 aromatic carbocycles. The van der Waals surface area contributed by atoms with Gasteiger partial charge in [0.2, 0.25) is 0 Å². The van der Waals surface area contributed by atoms with Crippen molar-refractivity contribution in [1.29, 1.82) is 0 Å². The topological polar surface area (TPSA) is 38.0 Å². The van der Waals surface area contributed by atoms with Crippen LogP contribution in [0.1, 0.15) is 37.7 Å². The quantitative estimate of drug-likeness (QED) is 0.638. The van der Waals surface area contributed by atoms with Gasteiger partial charge in [0.15, 0.2) is 0 Å². The maximum atomic E-state index is 6.01. The molecule has 0 saturated heterocycles. The van der Waals surface area contributed by atoms with Crippen LogP contribution in [0.3, 0.4) is 0 Å². The van der Waals surface area contributed by atoms with Crippen molar-refractivity contribution in [3.05, 3.63) is 34.9 Å². The molecule has 1 unspecified atom stereocenters. The number of hydrazine groups is 1. The van der Waals surface area contributed by atoms with Crippen molar-refractivity contribution in [2.24, 2.45) is 11.8 Å². The molecule has 94 valence electrons. The number of benzene rings is 1. The Morgan fingerprint density at radius 1 is 1.29 bits per heavy atom. The van der Waals surface area contributed by atoms with Crippen LogP contribution < -0.4 is 11.3 Å². The van der Waals surface area contributed by atoms with Crippen LogP contribution in [0.15, 0.2) is 24.3 Å². The first-order valence-electron chi connectivity index (χ1n) is 6.50. The molecule has 0 amide bonds. The molecular formula is C14H21ClN2. The molecule has 1 aromatic rings. The molecule has 1 atom stereocenters. The van der Waals surface area contributed by atoms with E-state index in [0.717, 1.165) is 11.4 Å². The molecule has 1 saturated carbocycles. The molecule has 0 spiro atoms. The normalized spacial score (nSPS) is 19.2. The second-order valence-corrected chi connectivity index (χ2v) is 5.44. The minimum absolute atomic E-state index is 0.383. The number of rotatable bonds is 4. The number of hydrogen-bond donors (Lipinski definition) is 2. The third kappa shape index (κ3) is 3.70. The Hall–Kier alpha value is -0.570. The fraction of sp³-hybridized carbons (Fsp3) is 0.571. The maximum Gasteiger partial charge on any atom is 0.0408 e. The van der Waals surface area contributed by atoms with E-state index < -0.39 is 0 Å². The smallest absolute Gasteiger partial charge is 0.0408 e. The van der Waals surface area contributed by atoms with Crippen LogP contribution in [0.5, 0.6) is 0 Å². The predicted octanol–water partition coefficient (Wildman–Crippen LogP) is 3.29. The van der Waals surface area contributed by atoms with Crippen LogP contribution in [0, 0.1) is 5.92 Å². The van der Waals surface area contributed by atoms with Crippen molar-refractivity contribution in [3.63, 3.8) is 0 Å². The van der Waals surface area contributed by atoms with Gasteiger partial charge in [0, 0.05) is 11.1 Å². The Bertz CT molecular complexity index is 348. The van der Waals surface area contributed by atoms with Gasteiger partial charge < -0.3 is 0 Å². The summed E-state index contributed by atoms with van der Waals surface area (Å²) in [6, 6.07) is 8.46. The second-order valence-electron chi connectivity index (χ2n) is 5.01. The summed E-state index contributed by atoms with van der Waals surface area (Å²) in [5.41, 5.74) is 4.27. The Morgan fingerprint density at radius 3 is 2.71 bits per heavy atom. The zero-order valence-electron chi connectivity index (χ0n) is 10.2. The molecule has 17 heavy (non-hydrogen) atoms. The van der Waals surface area contributed by atoms with E-state index in [9.17, 15) is 0 Å². The molecule has 1 aliphatic carbocycles. The van der Waals surface area contributed by atoms with Gasteiger partial charge in [0.25, 0.3) is 0 Å². The number of nitrogens with two attached hydrogens (primary N) is 1. The molecule has 3 N–H and O–H groups in total. The van der Waals surface area contributed by atoms with Crippen molar-refractivity contribution in [2.75, 3.05) is 0 Å². The summed E-state index contributed by atoms with van der Waals surface area (Å²) < 4.78 is 0. The molecule has 3 heteroatoms. The minimum atomic E-state index is 0.383. The highest BCUT2D eigenvalue weighted by Gasteiger charge is 2.22. The maximum absolute atomic E-state index is 6.01. The lowest BCUT2D eigenvalue weighted by atomic mass is 9.82. The molecule has 1 fully saturated rings. The van der Waals surface area contributed by atoms with E-state index in [-0.39, 0.29) is 0 Å². The van der Waals surface area contributed by atoms with Gasteiger partial charge in [-0.15, -0.1) is 0 Å². The van der Waals surface area contributed by atoms with Gasteiger partial charge in [-0.1, -0.05) is 43.0 Å². The van der Waals surface area contributed by atoms with E-state index in [4.69, 9.17) is 17.4 Å². The van der Waals surface area contributed by atoms with Crippen LogP contribution in [-0.4, -0.2) is 6.04 Å². The van der Waals surface area contributed by atoms with Crippen LogP contribution in [0.25, 0.3) is 0 Å². The lowest BCUT2D eigenvalue weighted by molar-refractivity contribution is 0.268. The van der Waals surface area contributed by atoms with E-state index in [2.05, 4.69) is 11.5 Å². The average Bonchev–Trinajstić information content (AvgIpc) is 2.37. The zero-order chi connectivity index (χ0) is 12.1. The first-order valence-corrected chi connectivity index (χ1v) is 6.88. The molecule has 0 heterocycles. The standard InChI is InChI=1S/C14H21ClN2/c15-13-8-4-5-11(9-13)10-14(17-16)12-6-2-1-3-7-12/h4-5,8-9,12,14,17H,1-3,6-7,10,16H2. The van der Waals surface area contributed by atoms with Crippen molar-refractivity contribution in [2.45, 2.75) is 44.6 Å². The summed E-state index contributed by atoms with van der Waals surface area (Å²) in [6.45, 7) is 0. The third-order valence-corrected chi connectivity index (χ3v) is 4.01. The Morgan fingerprint density at radius 2 is 2.06 bits per heavy atom. The van der Waals surface area contributed by atoms with Crippen LogP contribution in [0.2, 0.25) is 5.02 Å². The third-order valence-electron chi connectivity index (χ3n) is 3.78. The molecular weight excluding hydrogens is 232 g/mol. The van der Waals surface area contributed by atoms with Crippen molar-refractivity contribution in [3.8, 4) is 0 Å². The fourth-order valence-electron chi connectivity index (χ4n) is 2.82. The number of halogens is 1. The van der Waals surface area contributed by atoms with Gasteiger partial charge in [0.05, 0.1) is 0 Å². The molecule has 1 aliphatic rings. The summed E-state index contributed by atoms with van der Waals surface area (Å²) in [5, 5.41) is 0.807.